The summed E-state index contributed by atoms with van der Waals surface area (Å²) in [4.78, 5) is 0. The Balaban J connectivity index is -0.0000000300. The van der Waals surface area contributed by atoms with Gasteiger partial charge in [0.15, 0.2) is 0 Å². The molecule has 10 heteroatoms. The quantitative estimate of drug-likeness (QED) is 0.231. The van der Waals surface area contributed by atoms with Crippen molar-refractivity contribution < 1.29 is 132 Å². The number of hydrogen-bond acceptors (Lipinski definition) is 6. The monoisotopic (exact) mass is 696 g/mol. The maximum atomic E-state index is 8.57. The first-order valence-electron chi connectivity index (χ1n) is 0.926. The van der Waals surface area contributed by atoms with Crippen molar-refractivity contribution in [2.24, 2.45) is 0 Å². The molecule has 0 aromatic heterocycles. The molecule has 0 aromatic carbocycles. The first kappa shape index (κ1) is 23.3. The summed E-state index contributed by atoms with van der Waals surface area (Å²) < 4.78 is 51.4. The van der Waals surface area contributed by atoms with Crippen LogP contribution in [0.5, 0.6) is 0 Å². The number of hydrogen-bond donors (Lipinski definition) is 0. The van der Waals surface area contributed by atoms with Crippen LogP contribution in [0.25, 0.3) is 0 Å². The molecule has 0 unspecified atom stereocenters. The maximum absolute atomic E-state index is 8.57. The van der Waals surface area contributed by atoms with Crippen molar-refractivity contribution in [1.29, 1.82) is 0 Å². The SMILES string of the molecule is [Eu+3].[Ir+3].[O-][I+2]([O-])[O-].[O-][I+2]([O-])[O-]. The van der Waals surface area contributed by atoms with Crippen LogP contribution < -0.4 is 62.7 Å². The average molecular weight is 694 g/mol. The van der Waals surface area contributed by atoms with Gasteiger partial charge >= 0.3 is 69.5 Å². The van der Waals surface area contributed by atoms with Gasteiger partial charge in [-0.05, 0) is 0 Å². The molecule has 0 N–H and O–H groups in total. The Bertz CT molecular complexity index is 31.2. The van der Waals surface area contributed by atoms with E-state index in [2.05, 4.69) is 0 Å². The first-order valence-corrected chi connectivity index (χ1v) is 6.21. The van der Waals surface area contributed by atoms with Crippen molar-refractivity contribution in [3.8, 4) is 0 Å². The second kappa shape index (κ2) is 18.3. The summed E-state index contributed by atoms with van der Waals surface area (Å²) in [7, 11) is 0. The van der Waals surface area contributed by atoms with Gasteiger partial charge in [-0.15, -0.1) is 0 Å². The molecule has 6 nitrogen and oxygen atoms in total. The van der Waals surface area contributed by atoms with Crippen LogP contribution in [0.1, 0.15) is 0 Å². The summed E-state index contributed by atoms with van der Waals surface area (Å²) >= 11 is -8.03. The van der Waals surface area contributed by atoms with E-state index in [1.54, 1.807) is 0 Å². The van der Waals surface area contributed by atoms with Crippen molar-refractivity contribution in [3.63, 3.8) is 0 Å². The molecule has 0 aliphatic heterocycles. The summed E-state index contributed by atoms with van der Waals surface area (Å²) in [6.45, 7) is 0. The normalized spacial score (nSPS) is 7.20. The van der Waals surface area contributed by atoms with Crippen molar-refractivity contribution in [1.82, 2.24) is 0 Å². The van der Waals surface area contributed by atoms with E-state index in [-0.39, 0.29) is 69.5 Å². The zero-order valence-corrected chi connectivity index (χ0v) is 13.1. The summed E-state index contributed by atoms with van der Waals surface area (Å²) in [5.41, 5.74) is 0. The zero-order valence-electron chi connectivity index (χ0n) is 3.92. The minimum Gasteiger partial charge on any atom is -0.427 e. The zero-order chi connectivity index (χ0) is 7.15. The van der Waals surface area contributed by atoms with Gasteiger partial charge in [0, 0.05) is 0 Å². The van der Waals surface area contributed by atoms with Gasteiger partial charge in [-0.1, -0.05) is 0 Å². The molecule has 0 saturated heterocycles. The molecule has 10 heavy (non-hydrogen) atoms. The summed E-state index contributed by atoms with van der Waals surface area (Å²) in [6, 6.07) is 0. The molecule has 0 spiro atoms. The van der Waals surface area contributed by atoms with Crippen LogP contribution in [0.3, 0.4) is 0 Å². The maximum Gasteiger partial charge on any atom is 3.00 e. The molecule has 0 radical (unpaired) electrons. The molecule has 0 rings (SSSR count). The molecule has 0 atom stereocenters. The Labute approximate surface area is 129 Å². The Hall–Kier alpha value is 3.45. The molecule has 0 aliphatic rings. The standard InChI is InChI=1S/Eu.2IO3.Ir/c;2*2-1(3)4;/q+3;2*-1;+3. The molecule has 0 bridgehead atoms. The Morgan fingerprint density at radius 1 is 0.600 bits per heavy atom. The van der Waals surface area contributed by atoms with E-state index in [0.29, 0.717) is 0 Å². The fourth-order valence-corrected chi connectivity index (χ4v) is 0. The van der Waals surface area contributed by atoms with Crippen LogP contribution in [-0.4, -0.2) is 0 Å². The van der Waals surface area contributed by atoms with Crippen molar-refractivity contribution in [2.75, 3.05) is 0 Å². The largest absolute Gasteiger partial charge is 3.00 e. The third kappa shape index (κ3) is 105. The minimum absolute atomic E-state index is 0. The molecule has 62 valence electrons. The van der Waals surface area contributed by atoms with Crippen molar-refractivity contribution >= 4 is 0 Å². The molecular formula is EuI2IrO6+4. The second-order valence-electron chi connectivity index (χ2n) is 0.378. The smallest absolute Gasteiger partial charge is 0.427 e. The predicted molar refractivity (Wildman–Crippen MR) is 0 cm³/mol. The summed E-state index contributed by atoms with van der Waals surface area (Å²) in [5, 5.41) is 0. The molecule has 0 amide bonds. The van der Waals surface area contributed by atoms with Crippen LogP contribution in [0, 0.1) is 49.4 Å². The van der Waals surface area contributed by atoms with Gasteiger partial charge in [0.05, 0.1) is 0 Å². The van der Waals surface area contributed by atoms with Crippen LogP contribution >= 0.6 is 0 Å². The number of rotatable bonds is 0. The topological polar surface area (TPSA) is 138 Å². The summed E-state index contributed by atoms with van der Waals surface area (Å²) in [5.74, 6) is 0. The Morgan fingerprint density at radius 2 is 0.600 bits per heavy atom. The van der Waals surface area contributed by atoms with Crippen LogP contribution in [0.4, 0.5) is 0 Å². The third-order valence-corrected chi connectivity index (χ3v) is 0. The first-order chi connectivity index (χ1) is 3.46. The van der Waals surface area contributed by atoms with Gasteiger partial charge in [0.1, 0.15) is 0 Å². The molecule has 0 aromatic rings. The van der Waals surface area contributed by atoms with E-state index in [1.807, 2.05) is 0 Å². The third-order valence-electron chi connectivity index (χ3n) is 0. The van der Waals surface area contributed by atoms with Gasteiger partial charge in [-0.25, -0.2) is 0 Å². The second-order valence-corrected chi connectivity index (χ2v) is 2.54. The molecule has 0 fully saturated rings. The number of halogens is 2. The Morgan fingerprint density at radius 3 is 0.600 bits per heavy atom. The van der Waals surface area contributed by atoms with Crippen LogP contribution in [-0.2, 0) is 20.1 Å². The van der Waals surface area contributed by atoms with Crippen molar-refractivity contribution in [2.45, 2.75) is 0 Å². The van der Waals surface area contributed by atoms with Gasteiger partial charge < -0.3 is 20.6 Å². The fraction of sp³-hybridized carbons (Fsp3) is 0. The van der Waals surface area contributed by atoms with E-state index < -0.39 is 42.1 Å². The van der Waals surface area contributed by atoms with E-state index in [0.717, 1.165) is 0 Å². The van der Waals surface area contributed by atoms with Gasteiger partial charge in [0.2, 0.25) is 0 Å². The van der Waals surface area contributed by atoms with Gasteiger partial charge in [-0.3, -0.25) is 0 Å². The van der Waals surface area contributed by atoms with E-state index in [4.69, 9.17) is 20.6 Å². The average Bonchev–Trinajstić information content (AvgIpc) is 1.25. The molecular weight excluding hydrogens is 694 g/mol. The van der Waals surface area contributed by atoms with E-state index >= 15 is 0 Å². The summed E-state index contributed by atoms with van der Waals surface area (Å²) in [6.07, 6.45) is 0. The van der Waals surface area contributed by atoms with Crippen molar-refractivity contribution in [3.05, 3.63) is 0 Å². The predicted octanol–water partition coefficient (Wildman–Crippen LogP) is -13.1. The van der Waals surface area contributed by atoms with Gasteiger partial charge in [0.25, 0.3) is 42.1 Å². The van der Waals surface area contributed by atoms with Gasteiger partial charge in [-0.2, -0.15) is 0 Å². The molecule has 0 aliphatic carbocycles. The van der Waals surface area contributed by atoms with Crippen LogP contribution in [0.2, 0.25) is 0 Å². The minimum atomic E-state index is -4.01. The van der Waals surface area contributed by atoms with E-state index in [1.165, 1.54) is 0 Å². The molecule has 0 heterocycles. The van der Waals surface area contributed by atoms with E-state index in [9.17, 15) is 0 Å². The fourth-order valence-electron chi connectivity index (χ4n) is 0. The molecule has 0 saturated carbocycles. The Kier molecular flexibility index (Phi) is 42.7. The van der Waals surface area contributed by atoms with Crippen LogP contribution in [0.15, 0.2) is 0 Å².